The van der Waals surface area contributed by atoms with Crippen molar-refractivity contribution in [2.45, 2.75) is 32.1 Å². The molecule has 0 aliphatic heterocycles. The van der Waals surface area contributed by atoms with E-state index in [-0.39, 0.29) is 17.8 Å². The van der Waals surface area contributed by atoms with E-state index in [4.69, 9.17) is 33.0 Å². The topological polar surface area (TPSA) is 46.5 Å². The van der Waals surface area contributed by atoms with Crippen LogP contribution in [0.25, 0.3) is 0 Å². The lowest BCUT2D eigenvalue weighted by Gasteiger charge is -2.17. The first-order chi connectivity index (χ1) is 9.47. The van der Waals surface area contributed by atoms with Crippen molar-refractivity contribution < 1.29 is 14.6 Å². The van der Waals surface area contributed by atoms with Crippen molar-refractivity contribution in [3.05, 3.63) is 27.7 Å². The normalized spacial score (nSPS) is 22.4. The fourth-order valence-electron chi connectivity index (χ4n) is 2.72. The molecule has 0 aromatic heterocycles. The molecule has 3 nitrogen and oxygen atoms in total. The molecule has 1 fully saturated rings. The van der Waals surface area contributed by atoms with Crippen LogP contribution >= 0.6 is 23.2 Å². The van der Waals surface area contributed by atoms with Gasteiger partial charge in [-0.2, -0.15) is 0 Å². The van der Waals surface area contributed by atoms with Crippen molar-refractivity contribution in [1.29, 1.82) is 0 Å². The highest BCUT2D eigenvalue weighted by Gasteiger charge is 2.43. The Bertz CT molecular complexity index is 493. The number of methoxy groups -OCH3 is 1. The van der Waals surface area contributed by atoms with Crippen molar-refractivity contribution in [3.63, 3.8) is 0 Å². The summed E-state index contributed by atoms with van der Waals surface area (Å²) in [5, 5.41) is 9.98. The first-order valence-electron chi connectivity index (χ1n) is 6.73. The lowest BCUT2D eigenvalue weighted by Crippen LogP contribution is -2.04. The average Bonchev–Trinajstić information content (AvgIpc) is 3.15. The van der Waals surface area contributed by atoms with Gasteiger partial charge in [-0.25, -0.2) is 0 Å². The Labute approximate surface area is 128 Å². The van der Waals surface area contributed by atoms with Gasteiger partial charge < -0.3 is 9.84 Å². The SMILES string of the molecule is CCC(CC1CC1C(=O)O)c1cc(Cl)c(OC)c(Cl)c1. The quantitative estimate of drug-likeness (QED) is 0.833. The lowest BCUT2D eigenvalue weighted by atomic mass is 9.90. The second-order valence-electron chi connectivity index (χ2n) is 5.30. The fraction of sp³-hybridized carbons (Fsp3) is 0.533. The molecule has 1 aliphatic carbocycles. The number of aliphatic carboxylic acids is 1. The molecule has 20 heavy (non-hydrogen) atoms. The molecule has 0 heterocycles. The summed E-state index contributed by atoms with van der Waals surface area (Å²) in [6.45, 7) is 2.09. The Morgan fingerprint density at radius 2 is 2.05 bits per heavy atom. The molecular weight excluding hydrogens is 299 g/mol. The average molecular weight is 317 g/mol. The Hall–Kier alpha value is -0.930. The van der Waals surface area contributed by atoms with E-state index in [0.29, 0.717) is 15.8 Å². The number of hydrogen-bond donors (Lipinski definition) is 1. The van der Waals surface area contributed by atoms with E-state index in [9.17, 15) is 4.79 Å². The summed E-state index contributed by atoms with van der Waals surface area (Å²) in [6, 6.07) is 3.75. The molecule has 0 amide bonds. The highest BCUT2D eigenvalue weighted by molar-refractivity contribution is 6.37. The second kappa shape index (κ2) is 6.23. The predicted molar refractivity (Wildman–Crippen MR) is 79.9 cm³/mol. The zero-order chi connectivity index (χ0) is 14.9. The molecule has 0 bridgehead atoms. The Morgan fingerprint density at radius 3 is 2.45 bits per heavy atom. The van der Waals surface area contributed by atoms with Crippen molar-refractivity contribution in [2.24, 2.45) is 11.8 Å². The summed E-state index contributed by atoms with van der Waals surface area (Å²) in [5.41, 5.74) is 1.05. The lowest BCUT2D eigenvalue weighted by molar-refractivity contribution is -0.138. The minimum Gasteiger partial charge on any atom is -0.494 e. The maximum absolute atomic E-state index is 10.9. The van der Waals surface area contributed by atoms with Crippen LogP contribution in [0.15, 0.2) is 12.1 Å². The highest BCUT2D eigenvalue weighted by Crippen LogP contribution is 2.47. The van der Waals surface area contributed by atoms with Crippen LogP contribution in [0, 0.1) is 11.8 Å². The smallest absolute Gasteiger partial charge is 0.306 e. The molecule has 110 valence electrons. The maximum Gasteiger partial charge on any atom is 0.306 e. The van der Waals surface area contributed by atoms with Gasteiger partial charge in [-0.05, 0) is 48.8 Å². The van der Waals surface area contributed by atoms with E-state index in [2.05, 4.69) is 6.92 Å². The third-order valence-electron chi connectivity index (χ3n) is 4.02. The zero-order valence-corrected chi connectivity index (χ0v) is 13.0. The highest BCUT2D eigenvalue weighted by atomic mass is 35.5. The third kappa shape index (κ3) is 3.21. The number of ether oxygens (including phenoxy) is 1. The molecule has 1 saturated carbocycles. The van der Waals surface area contributed by atoms with Gasteiger partial charge in [0.2, 0.25) is 0 Å². The minimum absolute atomic E-state index is 0.173. The first-order valence-corrected chi connectivity index (χ1v) is 7.49. The van der Waals surface area contributed by atoms with Crippen LogP contribution in [-0.2, 0) is 4.79 Å². The summed E-state index contributed by atoms with van der Waals surface area (Å²) >= 11 is 12.3. The van der Waals surface area contributed by atoms with Crippen LogP contribution in [0.1, 0.15) is 37.7 Å². The number of halogens is 2. The van der Waals surface area contributed by atoms with Gasteiger partial charge in [-0.3, -0.25) is 4.79 Å². The van der Waals surface area contributed by atoms with Gasteiger partial charge in [0.1, 0.15) is 0 Å². The van der Waals surface area contributed by atoms with Crippen LogP contribution in [0.5, 0.6) is 5.75 Å². The molecule has 1 N–H and O–H groups in total. The Morgan fingerprint density at radius 1 is 1.45 bits per heavy atom. The summed E-state index contributed by atoms with van der Waals surface area (Å²) < 4.78 is 5.14. The molecule has 1 aromatic carbocycles. The first kappa shape index (κ1) is 15.5. The van der Waals surface area contributed by atoms with Crippen LogP contribution in [0.2, 0.25) is 10.0 Å². The zero-order valence-electron chi connectivity index (χ0n) is 11.5. The van der Waals surface area contributed by atoms with E-state index < -0.39 is 5.97 Å². The van der Waals surface area contributed by atoms with Gasteiger partial charge in [0.15, 0.2) is 5.75 Å². The molecule has 2 rings (SSSR count). The summed E-state index contributed by atoms with van der Waals surface area (Å²) in [5.74, 6) is 0.188. The van der Waals surface area contributed by atoms with Gasteiger partial charge in [-0.15, -0.1) is 0 Å². The number of carbonyl (C=O) groups is 1. The monoisotopic (exact) mass is 316 g/mol. The van der Waals surface area contributed by atoms with Crippen LogP contribution in [0.3, 0.4) is 0 Å². The summed E-state index contributed by atoms with van der Waals surface area (Å²) in [7, 11) is 1.53. The van der Waals surface area contributed by atoms with Gasteiger partial charge in [-0.1, -0.05) is 30.1 Å². The minimum atomic E-state index is -0.685. The molecule has 1 aromatic rings. The van der Waals surface area contributed by atoms with Gasteiger partial charge in [0.05, 0.1) is 23.1 Å². The summed E-state index contributed by atoms with van der Waals surface area (Å²) in [6.07, 6.45) is 2.58. The van der Waals surface area contributed by atoms with Crippen molar-refractivity contribution in [1.82, 2.24) is 0 Å². The number of carboxylic acids is 1. The molecule has 1 aliphatic rings. The molecule has 5 heteroatoms. The van der Waals surface area contributed by atoms with Crippen molar-refractivity contribution in [2.75, 3.05) is 7.11 Å². The van der Waals surface area contributed by atoms with E-state index in [0.717, 1.165) is 24.8 Å². The van der Waals surface area contributed by atoms with Crippen LogP contribution < -0.4 is 4.74 Å². The van der Waals surface area contributed by atoms with Gasteiger partial charge in [0.25, 0.3) is 0 Å². The second-order valence-corrected chi connectivity index (χ2v) is 6.11. The molecule has 3 atom stereocenters. The molecule has 0 saturated heterocycles. The van der Waals surface area contributed by atoms with E-state index in [1.54, 1.807) is 0 Å². The van der Waals surface area contributed by atoms with Gasteiger partial charge >= 0.3 is 5.97 Å². The van der Waals surface area contributed by atoms with E-state index >= 15 is 0 Å². The molecular formula is C15H18Cl2O3. The van der Waals surface area contributed by atoms with Crippen molar-refractivity contribution in [3.8, 4) is 5.75 Å². The number of hydrogen-bond acceptors (Lipinski definition) is 2. The fourth-order valence-corrected chi connectivity index (χ4v) is 3.38. The summed E-state index contributed by atoms with van der Waals surface area (Å²) in [4.78, 5) is 10.9. The molecule has 3 unspecified atom stereocenters. The predicted octanol–water partition coefficient (Wildman–Crippen LogP) is 4.61. The Kier molecular flexibility index (Phi) is 4.82. The van der Waals surface area contributed by atoms with Gasteiger partial charge in [0, 0.05) is 0 Å². The van der Waals surface area contributed by atoms with E-state index in [1.165, 1.54) is 7.11 Å². The molecule has 0 spiro atoms. The third-order valence-corrected chi connectivity index (χ3v) is 4.58. The van der Waals surface area contributed by atoms with Crippen molar-refractivity contribution >= 4 is 29.2 Å². The number of rotatable bonds is 6. The van der Waals surface area contributed by atoms with Crippen LogP contribution in [0.4, 0.5) is 0 Å². The maximum atomic E-state index is 10.9. The molecule has 0 radical (unpaired) electrons. The largest absolute Gasteiger partial charge is 0.494 e. The van der Waals surface area contributed by atoms with Crippen LogP contribution in [-0.4, -0.2) is 18.2 Å². The Balaban J connectivity index is 2.14. The van der Waals surface area contributed by atoms with E-state index in [1.807, 2.05) is 12.1 Å². The standard InChI is InChI=1S/C15H18Cl2O3/c1-3-8(4-10-5-11(10)15(18)19)9-6-12(16)14(20-2)13(17)7-9/h6-8,10-11H,3-5H2,1-2H3,(H,18,19). The number of benzene rings is 1. The number of carboxylic acid groups (broad SMARTS) is 1.